The van der Waals surface area contributed by atoms with E-state index in [1.807, 2.05) is 11.3 Å². The van der Waals surface area contributed by atoms with Gasteiger partial charge < -0.3 is 0 Å². The van der Waals surface area contributed by atoms with Crippen molar-refractivity contribution in [2.75, 3.05) is 0 Å². The Labute approximate surface area is 111 Å². The zero-order valence-corrected chi connectivity index (χ0v) is 11.1. The third-order valence-corrected chi connectivity index (χ3v) is 4.37. The van der Waals surface area contributed by atoms with Gasteiger partial charge in [-0.05, 0) is 41.1 Å². The summed E-state index contributed by atoms with van der Waals surface area (Å²) in [5.41, 5.74) is 3.64. The summed E-state index contributed by atoms with van der Waals surface area (Å²) in [6.45, 7) is 6.39. The first-order valence-electron chi connectivity index (χ1n) is 5.99. The van der Waals surface area contributed by atoms with Crippen molar-refractivity contribution in [3.05, 3.63) is 77.2 Å². The predicted octanol–water partition coefficient (Wildman–Crippen LogP) is 5.27. The van der Waals surface area contributed by atoms with Crippen molar-refractivity contribution in [1.82, 2.24) is 0 Å². The van der Waals surface area contributed by atoms with Crippen LogP contribution in [-0.2, 0) is 0 Å². The fourth-order valence-electron chi connectivity index (χ4n) is 2.17. The smallest absolute Gasteiger partial charge is 0.0355 e. The Kier molecular flexibility index (Phi) is 2.77. The summed E-state index contributed by atoms with van der Waals surface area (Å²) in [4.78, 5) is 1.26. The normalized spacial score (nSPS) is 10.7. The molecule has 1 heterocycles. The molecule has 0 unspecified atom stereocenters. The first-order valence-corrected chi connectivity index (χ1v) is 6.81. The molecular weight excluding hydrogens is 236 g/mol. The van der Waals surface area contributed by atoms with Crippen LogP contribution in [0.1, 0.15) is 16.0 Å². The number of benzene rings is 2. The fourth-order valence-corrected chi connectivity index (χ4v) is 3.22. The highest BCUT2D eigenvalue weighted by molar-refractivity contribution is 7.20. The van der Waals surface area contributed by atoms with Crippen LogP contribution in [0.3, 0.4) is 0 Å². The van der Waals surface area contributed by atoms with Gasteiger partial charge in [0.15, 0.2) is 0 Å². The van der Waals surface area contributed by atoms with Gasteiger partial charge in [-0.15, -0.1) is 11.3 Å². The molecule has 0 N–H and O–H groups in total. The lowest BCUT2D eigenvalue weighted by Gasteiger charge is -2.06. The number of hydrogen-bond acceptors (Lipinski definition) is 1. The zero-order valence-electron chi connectivity index (χ0n) is 10.3. The molecule has 0 amide bonds. The second-order valence-corrected chi connectivity index (χ2v) is 5.53. The van der Waals surface area contributed by atoms with Gasteiger partial charge in [0.2, 0.25) is 0 Å². The molecule has 0 fully saturated rings. The minimum Gasteiger partial charge on any atom is -0.135 e. The molecule has 0 atom stereocenters. The second kappa shape index (κ2) is 4.43. The lowest BCUT2D eigenvalue weighted by Crippen LogP contribution is -1.86. The number of fused-ring (bicyclic) bond motifs is 1. The summed E-state index contributed by atoms with van der Waals surface area (Å²) < 4.78 is 1.32. The minimum absolute atomic E-state index is 1.12. The monoisotopic (exact) mass is 250 g/mol. The Balaban J connectivity index is 2.10. The van der Waals surface area contributed by atoms with Crippen LogP contribution in [0.4, 0.5) is 0 Å². The van der Waals surface area contributed by atoms with Crippen LogP contribution in [0.25, 0.3) is 15.7 Å². The molecule has 3 aromatic rings. The van der Waals surface area contributed by atoms with Crippen LogP contribution in [-0.4, -0.2) is 0 Å². The number of thiophene rings is 1. The number of aryl methyl sites for hydroxylation is 1. The van der Waals surface area contributed by atoms with E-state index in [1.54, 1.807) is 0 Å². The standard InChI is InChI=1S/C17H14S/c1-12-7-3-5-9-15(12)13(2)17-11-14-8-4-6-10-16(14)18-17/h3-11H,2H2,1H3. The highest BCUT2D eigenvalue weighted by atomic mass is 32.1. The molecule has 18 heavy (non-hydrogen) atoms. The van der Waals surface area contributed by atoms with E-state index in [-0.39, 0.29) is 0 Å². The maximum Gasteiger partial charge on any atom is 0.0355 e. The second-order valence-electron chi connectivity index (χ2n) is 4.44. The number of rotatable bonds is 2. The van der Waals surface area contributed by atoms with E-state index in [0.717, 1.165) is 5.57 Å². The Morgan fingerprint density at radius 3 is 2.50 bits per heavy atom. The molecule has 3 rings (SSSR count). The molecule has 0 saturated carbocycles. The molecule has 0 aliphatic heterocycles. The quantitative estimate of drug-likeness (QED) is 0.581. The van der Waals surface area contributed by atoms with Crippen LogP contribution in [0.15, 0.2) is 61.2 Å². The molecule has 88 valence electrons. The third kappa shape index (κ3) is 1.87. The van der Waals surface area contributed by atoms with Crippen molar-refractivity contribution in [2.24, 2.45) is 0 Å². The van der Waals surface area contributed by atoms with Crippen molar-refractivity contribution < 1.29 is 0 Å². The summed E-state index contributed by atoms with van der Waals surface area (Å²) in [6.07, 6.45) is 0. The summed E-state index contributed by atoms with van der Waals surface area (Å²) in [5.74, 6) is 0. The SMILES string of the molecule is C=C(c1cc2ccccc2s1)c1ccccc1C. The van der Waals surface area contributed by atoms with Gasteiger partial charge in [-0.1, -0.05) is 49.0 Å². The lowest BCUT2D eigenvalue weighted by molar-refractivity contribution is 1.43. The molecule has 0 spiro atoms. The Morgan fingerprint density at radius 1 is 1.00 bits per heavy atom. The van der Waals surface area contributed by atoms with Crippen LogP contribution in [0.2, 0.25) is 0 Å². The Morgan fingerprint density at radius 2 is 1.72 bits per heavy atom. The predicted molar refractivity (Wildman–Crippen MR) is 81.1 cm³/mol. The van der Waals surface area contributed by atoms with E-state index in [9.17, 15) is 0 Å². The molecular formula is C17H14S. The molecule has 0 nitrogen and oxygen atoms in total. The maximum atomic E-state index is 4.26. The molecule has 2 aromatic carbocycles. The van der Waals surface area contributed by atoms with Crippen molar-refractivity contribution in [3.8, 4) is 0 Å². The van der Waals surface area contributed by atoms with Gasteiger partial charge in [0.25, 0.3) is 0 Å². The molecule has 1 heteroatoms. The molecule has 0 radical (unpaired) electrons. The van der Waals surface area contributed by atoms with Crippen LogP contribution >= 0.6 is 11.3 Å². The van der Waals surface area contributed by atoms with E-state index >= 15 is 0 Å². The van der Waals surface area contributed by atoms with Gasteiger partial charge in [-0.2, -0.15) is 0 Å². The largest absolute Gasteiger partial charge is 0.135 e. The molecule has 0 aliphatic rings. The number of hydrogen-bond donors (Lipinski definition) is 0. The maximum absolute atomic E-state index is 4.26. The van der Waals surface area contributed by atoms with Gasteiger partial charge in [0.1, 0.15) is 0 Å². The average molecular weight is 250 g/mol. The van der Waals surface area contributed by atoms with Crippen molar-refractivity contribution in [1.29, 1.82) is 0 Å². The average Bonchev–Trinajstić information content (AvgIpc) is 2.82. The summed E-state index contributed by atoms with van der Waals surface area (Å²) in [6, 6.07) is 19.1. The molecule has 0 saturated heterocycles. The van der Waals surface area contributed by atoms with Crippen molar-refractivity contribution in [3.63, 3.8) is 0 Å². The first kappa shape index (κ1) is 11.2. The Hall–Kier alpha value is -1.86. The Bertz CT molecular complexity index is 686. The van der Waals surface area contributed by atoms with E-state index in [0.29, 0.717) is 0 Å². The van der Waals surface area contributed by atoms with Gasteiger partial charge >= 0.3 is 0 Å². The minimum atomic E-state index is 1.12. The third-order valence-electron chi connectivity index (χ3n) is 3.19. The van der Waals surface area contributed by atoms with Gasteiger partial charge in [0, 0.05) is 9.58 Å². The highest BCUT2D eigenvalue weighted by Crippen LogP contribution is 2.33. The zero-order chi connectivity index (χ0) is 12.5. The van der Waals surface area contributed by atoms with Crippen LogP contribution < -0.4 is 0 Å². The van der Waals surface area contributed by atoms with E-state index in [2.05, 4.69) is 68.1 Å². The summed E-state index contributed by atoms with van der Waals surface area (Å²) in [7, 11) is 0. The first-order chi connectivity index (χ1) is 8.75. The van der Waals surface area contributed by atoms with Crippen molar-refractivity contribution in [2.45, 2.75) is 6.92 Å². The van der Waals surface area contributed by atoms with Gasteiger partial charge in [-0.3, -0.25) is 0 Å². The van der Waals surface area contributed by atoms with Crippen molar-refractivity contribution >= 4 is 27.0 Å². The lowest BCUT2D eigenvalue weighted by atomic mass is 10.0. The van der Waals surface area contributed by atoms with E-state index < -0.39 is 0 Å². The van der Waals surface area contributed by atoms with Gasteiger partial charge in [-0.25, -0.2) is 0 Å². The van der Waals surface area contributed by atoms with E-state index in [1.165, 1.54) is 26.1 Å². The summed E-state index contributed by atoms with van der Waals surface area (Å²) in [5, 5.41) is 1.30. The van der Waals surface area contributed by atoms with Crippen LogP contribution in [0, 0.1) is 6.92 Å². The van der Waals surface area contributed by atoms with E-state index in [4.69, 9.17) is 0 Å². The molecule has 0 bridgehead atoms. The highest BCUT2D eigenvalue weighted by Gasteiger charge is 2.08. The molecule has 0 aliphatic carbocycles. The topological polar surface area (TPSA) is 0 Å². The summed E-state index contributed by atoms with van der Waals surface area (Å²) >= 11 is 1.81. The molecule has 1 aromatic heterocycles. The van der Waals surface area contributed by atoms with Crippen LogP contribution in [0.5, 0.6) is 0 Å². The van der Waals surface area contributed by atoms with Gasteiger partial charge in [0.05, 0.1) is 0 Å². The fraction of sp³-hybridized carbons (Fsp3) is 0.0588.